The molecule has 1 unspecified atom stereocenters. The highest BCUT2D eigenvalue weighted by molar-refractivity contribution is 7.10. The largest absolute Gasteiger partial charge is 0.379 e. The third kappa shape index (κ3) is 6.86. The molecule has 2 heterocycles. The van der Waals surface area contributed by atoms with Crippen LogP contribution in [0.3, 0.4) is 0 Å². The smallest absolute Gasteiger partial charge is 0.234 e. The number of halogens is 2. The van der Waals surface area contributed by atoms with Crippen molar-refractivity contribution in [3.8, 4) is 0 Å². The third-order valence-corrected chi connectivity index (χ3v) is 5.24. The molecule has 1 aromatic heterocycles. The highest BCUT2D eigenvalue weighted by atomic mass is 35.5. The maximum absolute atomic E-state index is 12.0. The number of carbonyl (C=O) groups excluding carboxylic acids is 1. The molecular formula is C16H27Cl2N3O2S. The van der Waals surface area contributed by atoms with Crippen LogP contribution >= 0.6 is 36.2 Å². The lowest BCUT2D eigenvalue weighted by Crippen LogP contribution is -2.45. The molecule has 1 aliphatic heterocycles. The van der Waals surface area contributed by atoms with Crippen molar-refractivity contribution in [3.05, 3.63) is 22.4 Å². The first kappa shape index (κ1) is 21.7. The minimum Gasteiger partial charge on any atom is -0.379 e. The standard InChI is InChI=1S/C16H25N3O2S.2ClH/c20-16(12-17-10-13-3-4-13)18-11-14(15-2-1-9-22-15)19-5-7-21-8-6-19;;/h1-2,9,13-14,17H,3-8,10-12H2,(H,18,20);2*1H. The molecule has 3 rings (SSSR count). The number of thiophene rings is 1. The van der Waals surface area contributed by atoms with E-state index < -0.39 is 0 Å². The van der Waals surface area contributed by atoms with Crippen LogP contribution in [0.2, 0.25) is 0 Å². The predicted octanol–water partition coefficient (Wildman–Crippen LogP) is 2.08. The molecule has 1 saturated carbocycles. The monoisotopic (exact) mass is 395 g/mol. The number of nitrogens with one attached hydrogen (secondary N) is 2. The van der Waals surface area contributed by atoms with E-state index in [0.29, 0.717) is 13.1 Å². The topological polar surface area (TPSA) is 53.6 Å². The summed E-state index contributed by atoms with van der Waals surface area (Å²) in [5, 5.41) is 8.43. The Labute approximate surface area is 160 Å². The van der Waals surface area contributed by atoms with E-state index in [2.05, 4.69) is 33.0 Å². The van der Waals surface area contributed by atoms with E-state index in [-0.39, 0.29) is 36.8 Å². The Morgan fingerprint density at radius 2 is 2.08 bits per heavy atom. The third-order valence-electron chi connectivity index (χ3n) is 4.27. The second-order valence-corrected chi connectivity index (χ2v) is 7.04. The molecule has 0 aromatic carbocycles. The number of carbonyl (C=O) groups is 1. The molecule has 8 heteroatoms. The molecule has 138 valence electrons. The molecule has 0 radical (unpaired) electrons. The Morgan fingerprint density at radius 3 is 2.71 bits per heavy atom. The first-order valence-electron chi connectivity index (χ1n) is 8.15. The van der Waals surface area contributed by atoms with E-state index in [4.69, 9.17) is 4.74 Å². The SMILES string of the molecule is Cl.Cl.O=C(CNCC1CC1)NCC(c1cccs1)N1CCOCC1. The summed E-state index contributed by atoms with van der Waals surface area (Å²) in [7, 11) is 0. The summed E-state index contributed by atoms with van der Waals surface area (Å²) < 4.78 is 5.44. The summed E-state index contributed by atoms with van der Waals surface area (Å²) in [5.41, 5.74) is 0. The molecular weight excluding hydrogens is 369 g/mol. The highest BCUT2D eigenvalue weighted by Gasteiger charge is 2.24. The van der Waals surface area contributed by atoms with E-state index in [9.17, 15) is 4.79 Å². The fraction of sp³-hybridized carbons (Fsp3) is 0.688. The maximum atomic E-state index is 12.0. The lowest BCUT2D eigenvalue weighted by Gasteiger charge is -2.34. The van der Waals surface area contributed by atoms with Gasteiger partial charge in [-0.2, -0.15) is 0 Å². The number of hydrogen-bond acceptors (Lipinski definition) is 5. The van der Waals surface area contributed by atoms with Crippen LogP contribution in [-0.4, -0.2) is 56.7 Å². The van der Waals surface area contributed by atoms with Crippen molar-refractivity contribution in [2.75, 3.05) is 45.9 Å². The van der Waals surface area contributed by atoms with Crippen LogP contribution < -0.4 is 10.6 Å². The average molecular weight is 396 g/mol. The first-order chi connectivity index (χ1) is 10.8. The van der Waals surface area contributed by atoms with Gasteiger partial charge in [-0.05, 0) is 36.8 Å². The number of morpholine rings is 1. The van der Waals surface area contributed by atoms with Crippen molar-refractivity contribution in [1.29, 1.82) is 0 Å². The van der Waals surface area contributed by atoms with Crippen LogP contribution in [-0.2, 0) is 9.53 Å². The van der Waals surface area contributed by atoms with Gasteiger partial charge in [0.05, 0.1) is 25.8 Å². The number of hydrogen-bond donors (Lipinski definition) is 2. The molecule has 1 atom stereocenters. The Balaban J connectivity index is 0.00000144. The normalized spacial score (nSPS) is 19.0. The van der Waals surface area contributed by atoms with Crippen LogP contribution in [0.1, 0.15) is 23.8 Å². The van der Waals surface area contributed by atoms with Crippen molar-refractivity contribution >= 4 is 42.1 Å². The number of rotatable bonds is 8. The zero-order valence-electron chi connectivity index (χ0n) is 13.7. The average Bonchev–Trinajstić information content (AvgIpc) is 3.21. The van der Waals surface area contributed by atoms with Gasteiger partial charge in [0.15, 0.2) is 0 Å². The number of amides is 1. The van der Waals surface area contributed by atoms with Crippen molar-refractivity contribution in [2.24, 2.45) is 5.92 Å². The predicted molar refractivity (Wildman–Crippen MR) is 103 cm³/mol. The zero-order valence-corrected chi connectivity index (χ0v) is 16.2. The Kier molecular flexibility index (Phi) is 10.2. The maximum Gasteiger partial charge on any atom is 0.234 e. The minimum absolute atomic E-state index is 0. The van der Waals surface area contributed by atoms with Crippen molar-refractivity contribution in [3.63, 3.8) is 0 Å². The van der Waals surface area contributed by atoms with E-state index in [0.717, 1.165) is 38.8 Å². The summed E-state index contributed by atoms with van der Waals surface area (Å²) in [5.74, 6) is 0.899. The fourth-order valence-electron chi connectivity index (χ4n) is 2.76. The molecule has 2 fully saturated rings. The Bertz CT molecular complexity index is 466. The number of nitrogens with zero attached hydrogens (tertiary/aromatic N) is 1. The van der Waals surface area contributed by atoms with E-state index in [1.165, 1.54) is 17.7 Å². The van der Waals surface area contributed by atoms with E-state index in [1.807, 2.05) is 0 Å². The summed E-state index contributed by atoms with van der Waals surface area (Å²) in [6.45, 7) is 5.49. The van der Waals surface area contributed by atoms with Crippen LogP contribution in [0.15, 0.2) is 17.5 Å². The number of ether oxygens (including phenoxy) is 1. The highest BCUT2D eigenvalue weighted by Crippen LogP contribution is 2.27. The van der Waals surface area contributed by atoms with Gasteiger partial charge in [-0.1, -0.05) is 6.07 Å². The molecule has 0 bridgehead atoms. The molecule has 1 amide bonds. The van der Waals surface area contributed by atoms with Crippen molar-refractivity contribution in [2.45, 2.75) is 18.9 Å². The van der Waals surface area contributed by atoms with Gasteiger partial charge in [0.2, 0.25) is 5.91 Å². The fourth-order valence-corrected chi connectivity index (χ4v) is 3.63. The molecule has 24 heavy (non-hydrogen) atoms. The Morgan fingerprint density at radius 1 is 1.33 bits per heavy atom. The van der Waals surface area contributed by atoms with Crippen molar-refractivity contribution in [1.82, 2.24) is 15.5 Å². The minimum atomic E-state index is 0. The quantitative estimate of drug-likeness (QED) is 0.707. The molecule has 2 aliphatic rings. The molecule has 1 saturated heterocycles. The van der Waals surface area contributed by atoms with Gasteiger partial charge >= 0.3 is 0 Å². The van der Waals surface area contributed by atoms with Crippen LogP contribution in [0.25, 0.3) is 0 Å². The van der Waals surface area contributed by atoms with Gasteiger partial charge in [0, 0.05) is 24.5 Å². The van der Waals surface area contributed by atoms with Gasteiger partial charge < -0.3 is 15.4 Å². The summed E-state index contributed by atoms with van der Waals surface area (Å²) in [4.78, 5) is 15.7. The first-order valence-corrected chi connectivity index (χ1v) is 9.03. The Hall–Kier alpha value is -0.370. The van der Waals surface area contributed by atoms with Crippen LogP contribution in [0.4, 0.5) is 0 Å². The van der Waals surface area contributed by atoms with Crippen LogP contribution in [0.5, 0.6) is 0 Å². The van der Waals surface area contributed by atoms with Gasteiger partial charge in [0.25, 0.3) is 0 Å². The molecule has 1 aromatic rings. The summed E-state index contributed by atoms with van der Waals surface area (Å²) >= 11 is 1.76. The second kappa shape index (κ2) is 11.3. The van der Waals surface area contributed by atoms with E-state index in [1.54, 1.807) is 11.3 Å². The van der Waals surface area contributed by atoms with Gasteiger partial charge in [-0.15, -0.1) is 36.2 Å². The zero-order chi connectivity index (χ0) is 15.2. The van der Waals surface area contributed by atoms with Gasteiger partial charge in [0.1, 0.15) is 0 Å². The van der Waals surface area contributed by atoms with E-state index >= 15 is 0 Å². The second-order valence-electron chi connectivity index (χ2n) is 6.06. The molecule has 2 N–H and O–H groups in total. The summed E-state index contributed by atoms with van der Waals surface area (Å²) in [6.07, 6.45) is 2.62. The van der Waals surface area contributed by atoms with Crippen LogP contribution in [0, 0.1) is 5.92 Å². The van der Waals surface area contributed by atoms with Gasteiger partial charge in [-0.3, -0.25) is 9.69 Å². The molecule has 0 spiro atoms. The van der Waals surface area contributed by atoms with Gasteiger partial charge in [-0.25, -0.2) is 0 Å². The summed E-state index contributed by atoms with van der Waals surface area (Å²) in [6, 6.07) is 4.49. The molecule has 1 aliphatic carbocycles. The van der Waals surface area contributed by atoms with Crippen molar-refractivity contribution < 1.29 is 9.53 Å². The lowest BCUT2D eigenvalue weighted by atomic mass is 10.2. The lowest BCUT2D eigenvalue weighted by molar-refractivity contribution is -0.120. The molecule has 5 nitrogen and oxygen atoms in total.